The fraction of sp³-hybridized carbons (Fsp3) is 0.250. The minimum Gasteiger partial charge on any atom is -0.489 e. The first-order chi connectivity index (χ1) is 11.8. The molecule has 0 spiro atoms. The molecule has 4 rings (SSSR count). The van der Waals surface area contributed by atoms with Crippen LogP contribution < -0.4 is 10.1 Å². The van der Waals surface area contributed by atoms with Crippen LogP contribution in [0.1, 0.15) is 18.4 Å². The number of aromatic nitrogens is 1. The van der Waals surface area contributed by atoms with Crippen molar-refractivity contribution in [2.75, 3.05) is 0 Å². The Labute approximate surface area is 141 Å². The summed E-state index contributed by atoms with van der Waals surface area (Å²) in [4.78, 5) is 12.0. The van der Waals surface area contributed by atoms with Crippen molar-refractivity contribution in [2.24, 2.45) is 0 Å². The summed E-state index contributed by atoms with van der Waals surface area (Å²) in [6, 6.07) is 18.5. The molecule has 1 N–H and O–H groups in total. The smallest absolute Gasteiger partial charge is 0.240 e. The summed E-state index contributed by atoms with van der Waals surface area (Å²) in [5, 5.41) is 4.11. The topological polar surface area (TPSA) is 43.3 Å². The van der Waals surface area contributed by atoms with Crippen LogP contribution in [0, 0.1) is 0 Å². The Morgan fingerprint density at radius 3 is 2.75 bits per heavy atom. The van der Waals surface area contributed by atoms with E-state index in [2.05, 4.69) is 5.32 Å². The molecule has 4 heteroatoms. The van der Waals surface area contributed by atoms with Crippen molar-refractivity contribution < 1.29 is 9.53 Å². The van der Waals surface area contributed by atoms with Crippen LogP contribution in [-0.4, -0.2) is 16.5 Å². The Bertz CT molecular complexity index is 850. The molecule has 1 aliphatic rings. The Kier molecular flexibility index (Phi) is 3.95. The van der Waals surface area contributed by atoms with E-state index in [9.17, 15) is 4.79 Å². The number of benzene rings is 2. The number of nitrogens with zero attached hydrogens (tertiary/aromatic N) is 1. The molecule has 1 aromatic heterocycles. The number of carbonyl (C=O) groups is 1. The molecule has 0 bridgehead atoms. The van der Waals surface area contributed by atoms with E-state index in [0.717, 1.165) is 35.1 Å². The number of amides is 1. The van der Waals surface area contributed by atoms with Crippen molar-refractivity contribution in [3.8, 4) is 5.75 Å². The quantitative estimate of drug-likeness (QED) is 0.755. The zero-order valence-electron chi connectivity index (χ0n) is 13.4. The first-order valence-corrected chi connectivity index (χ1v) is 8.33. The monoisotopic (exact) mass is 320 g/mol. The molecule has 0 atom stereocenters. The summed E-state index contributed by atoms with van der Waals surface area (Å²) in [5.74, 6) is 0.922. The van der Waals surface area contributed by atoms with Crippen LogP contribution in [0.5, 0.6) is 5.75 Å². The molecule has 1 amide bonds. The average molecular weight is 320 g/mol. The van der Waals surface area contributed by atoms with Gasteiger partial charge in [0.2, 0.25) is 5.91 Å². The molecule has 1 aliphatic carbocycles. The van der Waals surface area contributed by atoms with Crippen molar-refractivity contribution in [3.05, 3.63) is 66.4 Å². The molecule has 24 heavy (non-hydrogen) atoms. The van der Waals surface area contributed by atoms with Gasteiger partial charge in [0, 0.05) is 23.1 Å². The minimum absolute atomic E-state index is 0.0828. The maximum Gasteiger partial charge on any atom is 0.240 e. The molecule has 2 aromatic carbocycles. The van der Waals surface area contributed by atoms with Crippen LogP contribution in [0.3, 0.4) is 0 Å². The second-order valence-electron chi connectivity index (χ2n) is 6.28. The van der Waals surface area contributed by atoms with Crippen LogP contribution in [0.2, 0.25) is 0 Å². The van der Waals surface area contributed by atoms with Gasteiger partial charge in [0.25, 0.3) is 0 Å². The van der Waals surface area contributed by atoms with E-state index < -0.39 is 0 Å². The van der Waals surface area contributed by atoms with E-state index in [1.165, 1.54) is 0 Å². The van der Waals surface area contributed by atoms with Crippen LogP contribution in [0.4, 0.5) is 0 Å². The van der Waals surface area contributed by atoms with Gasteiger partial charge < -0.3 is 14.6 Å². The first-order valence-electron chi connectivity index (χ1n) is 8.33. The van der Waals surface area contributed by atoms with E-state index in [1.54, 1.807) is 0 Å². The summed E-state index contributed by atoms with van der Waals surface area (Å²) in [6.07, 6.45) is 4.18. The Hall–Kier alpha value is -2.75. The van der Waals surface area contributed by atoms with Gasteiger partial charge in [0.1, 0.15) is 18.9 Å². The molecule has 122 valence electrons. The molecule has 3 aromatic rings. The highest BCUT2D eigenvalue weighted by molar-refractivity contribution is 5.84. The number of hydrogen-bond donors (Lipinski definition) is 1. The highest BCUT2D eigenvalue weighted by atomic mass is 16.5. The highest BCUT2D eigenvalue weighted by Crippen LogP contribution is 2.23. The van der Waals surface area contributed by atoms with Crippen molar-refractivity contribution in [2.45, 2.75) is 32.0 Å². The molecule has 4 nitrogen and oxygen atoms in total. The normalized spacial score (nSPS) is 13.8. The second-order valence-corrected chi connectivity index (χ2v) is 6.28. The Morgan fingerprint density at radius 2 is 1.96 bits per heavy atom. The van der Waals surface area contributed by atoms with Gasteiger partial charge in [-0.15, -0.1) is 0 Å². The maximum atomic E-state index is 12.0. The largest absolute Gasteiger partial charge is 0.489 e. The SMILES string of the molecule is O=C(Cn1ccc2cc(OCc3ccccc3)ccc21)NC1CC1. The number of fused-ring (bicyclic) bond motifs is 1. The van der Waals surface area contributed by atoms with Crippen LogP contribution in [-0.2, 0) is 17.9 Å². The average Bonchev–Trinajstić information content (AvgIpc) is 3.33. The van der Waals surface area contributed by atoms with E-state index in [0.29, 0.717) is 19.2 Å². The van der Waals surface area contributed by atoms with E-state index in [-0.39, 0.29) is 5.91 Å². The summed E-state index contributed by atoms with van der Waals surface area (Å²) in [6.45, 7) is 0.918. The number of ether oxygens (including phenoxy) is 1. The second kappa shape index (κ2) is 6.40. The summed E-state index contributed by atoms with van der Waals surface area (Å²) in [7, 11) is 0. The Balaban J connectivity index is 1.44. The van der Waals surface area contributed by atoms with Crippen LogP contribution in [0.15, 0.2) is 60.8 Å². The molecular formula is C20H20N2O2. The molecule has 0 saturated heterocycles. The third-order valence-electron chi connectivity index (χ3n) is 4.25. The molecular weight excluding hydrogens is 300 g/mol. The summed E-state index contributed by atoms with van der Waals surface area (Å²) < 4.78 is 7.84. The van der Waals surface area contributed by atoms with E-state index in [4.69, 9.17) is 4.74 Å². The summed E-state index contributed by atoms with van der Waals surface area (Å²) >= 11 is 0. The van der Waals surface area contributed by atoms with Gasteiger partial charge in [-0.3, -0.25) is 4.79 Å². The number of nitrogens with one attached hydrogen (secondary N) is 1. The van der Waals surface area contributed by atoms with Crippen molar-refractivity contribution in [1.29, 1.82) is 0 Å². The van der Waals surface area contributed by atoms with E-state index >= 15 is 0 Å². The third kappa shape index (κ3) is 3.43. The molecule has 0 radical (unpaired) electrons. The molecule has 1 fully saturated rings. The van der Waals surface area contributed by atoms with Gasteiger partial charge in [0.05, 0.1) is 0 Å². The lowest BCUT2D eigenvalue weighted by Crippen LogP contribution is -2.28. The first kappa shape index (κ1) is 14.8. The highest BCUT2D eigenvalue weighted by Gasteiger charge is 2.23. The summed E-state index contributed by atoms with van der Waals surface area (Å²) in [5.41, 5.74) is 2.19. The van der Waals surface area contributed by atoms with Crippen LogP contribution >= 0.6 is 0 Å². The predicted molar refractivity (Wildman–Crippen MR) is 93.9 cm³/mol. The van der Waals surface area contributed by atoms with Crippen LogP contribution in [0.25, 0.3) is 10.9 Å². The third-order valence-corrected chi connectivity index (χ3v) is 4.25. The molecule has 0 aliphatic heterocycles. The number of carbonyl (C=O) groups excluding carboxylic acids is 1. The standard InChI is InChI=1S/C20H20N2O2/c23-20(21-17-6-7-17)13-22-11-10-16-12-18(8-9-19(16)22)24-14-15-4-2-1-3-5-15/h1-5,8-12,17H,6-7,13-14H2,(H,21,23). The lowest BCUT2D eigenvalue weighted by molar-refractivity contribution is -0.121. The van der Waals surface area contributed by atoms with Crippen molar-refractivity contribution >= 4 is 16.8 Å². The van der Waals surface area contributed by atoms with Gasteiger partial charge >= 0.3 is 0 Å². The van der Waals surface area contributed by atoms with Gasteiger partial charge in [-0.1, -0.05) is 30.3 Å². The fourth-order valence-corrected chi connectivity index (χ4v) is 2.80. The molecule has 1 heterocycles. The number of rotatable bonds is 6. The van der Waals surface area contributed by atoms with Gasteiger partial charge in [0.15, 0.2) is 0 Å². The minimum atomic E-state index is 0.0828. The van der Waals surface area contributed by atoms with E-state index in [1.807, 2.05) is 65.4 Å². The zero-order valence-corrected chi connectivity index (χ0v) is 13.4. The zero-order chi connectivity index (χ0) is 16.4. The maximum absolute atomic E-state index is 12.0. The van der Waals surface area contributed by atoms with Crippen molar-refractivity contribution in [1.82, 2.24) is 9.88 Å². The lowest BCUT2D eigenvalue weighted by atomic mass is 10.2. The van der Waals surface area contributed by atoms with Gasteiger partial charge in [-0.05, 0) is 42.7 Å². The van der Waals surface area contributed by atoms with Crippen molar-refractivity contribution in [3.63, 3.8) is 0 Å². The number of hydrogen-bond acceptors (Lipinski definition) is 2. The van der Waals surface area contributed by atoms with Gasteiger partial charge in [-0.2, -0.15) is 0 Å². The molecule has 1 saturated carbocycles. The Morgan fingerprint density at radius 1 is 1.12 bits per heavy atom. The molecule has 0 unspecified atom stereocenters. The van der Waals surface area contributed by atoms with Gasteiger partial charge in [-0.25, -0.2) is 0 Å². The lowest BCUT2D eigenvalue weighted by Gasteiger charge is -2.08. The predicted octanol–water partition coefficient (Wildman–Crippen LogP) is 3.50. The fourth-order valence-electron chi connectivity index (χ4n) is 2.80.